The van der Waals surface area contributed by atoms with Gasteiger partial charge in [0.05, 0.1) is 28.0 Å². The van der Waals surface area contributed by atoms with Gasteiger partial charge in [0.1, 0.15) is 11.6 Å². The van der Waals surface area contributed by atoms with Gasteiger partial charge >= 0.3 is 12.2 Å². The number of nitrogens with one attached hydrogen (secondary N) is 3. The number of urea groups is 1. The number of hydrogen-bond donors (Lipinski definition) is 3. The van der Waals surface area contributed by atoms with E-state index in [0.29, 0.717) is 6.07 Å². The number of rotatable bonds is 5. The third-order valence-electron chi connectivity index (χ3n) is 4.16. The molecule has 0 aliphatic rings. The molecule has 0 atom stereocenters. The van der Waals surface area contributed by atoms with Gasteiger partial charge in [-0.15, -0.1) is 0 Å². The molecular formula is C21H15ClF4N4O3. The van der Waals surface area contributed by atoms with Crippen LogP contribution in [-0.4, -0.2) is 24.0 Å². The van der Waals surface area contributed by atoms with Gasteiger partial charge in [0.2, 0.25) is 5.88 Å². The van der Waals surface area contributed by atoms with Crippen molar-refractivity contribution in [3.63, 3.8) is 0 Å². The fraction of sp³-hybridized carbons (Fsp3) is 0.0952. The number of halogens is 5. The lowest BCUT2D eigenvalue weighted by Gasteiger charge is -2.12. The normalized spacial score (nSPS) is 11.0. The fourth-order valence-corrected chi connectivity index (χ4v) is 2.85. The Morgan fingerprint density at radius 3 is 2.33 bits per heavy atom. The van der Waals surface area contributed by atoms with Crippen LogP contribution in [0.15, 0.2) is 54.7 Å². The lowest BCUT2D eigenvalue weighted by molar-refractivity contribution is -0.137. The van der Waals surface area contributed by atoms with Gasteiger partial charge in [0.15, 0.2) is 0 Å². The van der Waals surface area contributed by atoms with Crippen LogP contribution in [0.4, 0.5) is 33.7 Å². The molecule has 0 saturated carbocycles. The zero-order valence-corrected chi connectivity index (χ0v) is 17.5. The number of carbonyl (C=O) groups excluding carboxylic acids is 2. The first-order chi connectivity index (χ1) is 15.6. The molecule has 3 N–H and O–H groups in total. The number of alkyl halides is 3. The summed E-state index contributed by atoms with van der Waals surface area (Å²) in [5, 5.41) is 6.50. The first-order valence-corrected chi connectivity index (χ1v) is 9.55. The third kappa shape index (κ3) is 6.10. The fourth-order valence-electron chi connectivity index (χ4n) is 2.63. The summed E-state index contributed by atoms with van der Waals surface area (Å²) in [5.74, 6) is -1.10. The number of anilines is 2. The van der Waals surface area contributed by atoms with Crippen LogP contribution in [-0.2, 0) is 6.18 Å². The van der Waals surface area contributed by atoms with Gasteiger partial charge in [-0.1, -0.05) is 11.6 Å². The number of nitrogens with zero attached hydrogens (tertiary/aromatic N) is 1. The van der Waals surface area contributed by atoms with Gasteiger partial charge in [-0.2, -0.15) is 13.2 Å². The zero-order chi connectivity index (χ0) is 24.2. The van der Waals surface area contributed by atoms with Crippen molar-refractivity contribution in [3.05, 3.63) is 76.7 Å². The van der Waals surface area contributed by atoms with E-state index in [-0.39, 0.29) is 28.6 Å². The summed E-state index contributed by atoms with van der Waals surface area (Å²) >= 11 is 5.55. The van der Waals surface area contributed by atoms with Gasteiger partial charge < -0.3 is 20.7 Å². The van der Waals surface area contributed by atoms with E-state index in [1.807, 2.05) is 0 Å². The van der Waals surface area contributed by atoms with Crippen molar-refractivity contribution >= 4 is 34.9 Å². The Morgan fingerprint density at radius 2 is 1.70 bits per heavy atom. The Bertz CT molecular complexity index is 1190. The van der Waals surface area contributed by atoms with E-state index in [1.165, 1.54) is 43.6 Å². The molecule has 0 fully saturated rings. The predicted octanol–water partition coefficient (Wildman–Crippen LogP) is 5.69. The molecule has 33 heavy (non-hydrogen) atoms. The number of benzene rings is 2. The largest absolute Gasteiger partial charge is 0.439 e. The van der Waals surface area contributed by atoms with Crippen LogP contribution in [0.3, 0.4) is 0 Å². The van der Waals surface area contributed by atoms with Crippen LogP contribution in [0.2, 0.25) is 5.02 Å². The Hall–Kier alpha value is -3.86. The van der Waals surface area contributed by atoms with E-state index in [0.717, 1.165) is 12.1 Å². The summed E-state index contributed by atoms with van der Waals surface area (Å²) in [4.78, 5) is 27.8. The van der Waals surface area contributed by atoms with Crippen molar-refractivity contribution in [1.82, 2.24) is 10.3 Å². The number of pyridine rings is 1. The van der Waals surface area contributed by atoms with Crippen molar-refractivity contribution in [2.75, 3.05) is 17.7 Å². The molecule has 12 heteroatoms. The maximum Gasteiger partial charge on any atom is 0.417 e. The van der Waals surface area contributed by atoms with Crippen molar-refractivity contribution in [2.24, 2.45) is 0 Å². The topological polar surface area (TPSA) is 92.4 Å². The summed E-state index contributed by atoms with van der Waals surface area (Å²) in [7, 11) is 1.36. The average molecular weight is 483 g/mol. The van der Waals surface area contributed by atoms with E-state index >= 15 is 0 Å². The Balaban J connectivity index is 1.64. The van der Waals surface area contributed by atoms with E-state index in [9.17, 15) is 27.2 Å². The maximum absolute atomic E-state index is 13.7. The molecule has 1 heterocycles. The van der Waals surface area contributed by atoms with Crippen molar-refractivity contribution in [2.45, 2.75) is 6.18 Å². The van der Waals surface area contributed by atoms with Gasteiger partial charge in [-0.3, -0.25) is 4.79 Å². The van der Waals surface area contributed by atoms with Crippen LogP contribution in [0, 0.1) is 5.82 Å². The molecule has 0 bridgehead atoms. The minimum Gasteiger partial charge on any atom is -0.439 e. The first-order valence-electron chi connectivity index (χ1n) is 9.17. The molecule has 0 spiro atoms. The molecule has 3 aromatic rings. The summed E-state index contributed by atoms with van der Waals surface area (Å²) < 4.78 is 58.0. The Kier molecular flexibility index (Phi) is 7.02. The summed E-state index contributed by atoms with van der Waals surface area (Å²) in [6.07, 6.45) is -3.43. The highest BCUT2D eigenvalue weighted by atomic mass is 35.5. The average Bonchev–Trinajstić information content (AvgIpc) is 2.76. The van der Waals surface area contributed by atoms with Gasteiger partial charge in [-0.25, -0.2) is 14.2 Å². The van der Waals surface area contributed by atoms with E-state index in [2.05, 4.69) is 20.9 Å². The van der Waals surface area contributed by atoms with Crippen molar-refractivity contribution < 1.29 is 31.9 Å². The molecule has 1 aromatic heterocycles. The molecule has 0 radical (unpaired) electrons. The molecule has 0 saturated heterocycles. The molecular weight excluding hydrogens is 468 g/mol. The lowest BCUT2D eigenvalue weighted by Crippen LogP contribution is -2.20. The van der Waals surface area contributed by atoms with Crippen molar-refractivity contribution in [3.8, 4) is 11.6 Å². The maximum atomic E-state index is 13.7. The number of ether oxygens (including phenoxy) is 1. The number of aromatic nitrogens is 1. The standard InChI is InChI=1S/C21H15ClF4N4O3/c1-27-19(31)14-9-13(4-6-17(14)23)33-18-7-3-12(10-28-18)30-20(32)29-11-2-5-16(22)15(8-11)21(24,25)26/h2-10H,1H3,(H,27,31)(H2,29,30,32). The Morgan fingerprint density at radius 1 is 1.00 bits per heavy atom. The predicted molar refractivity (Wildman–Crippen MR) is 113 cm³/mol. The van der Waals surface area contributed by atoms with E-state index in [4.69, 9.17) is 16.3 Å². The summed E-state index contributed by atoms with van der Waals surface area (Å²) in [6, 6.07) is 8.56. The van der Waals surface area contributed by atoms with Crippen molar-refractivity contribution in [1.29, 1.82) is 0 Å². The minimum atomic E-state index is -4.67. The van der Waals surface area contributed by atoms with Crippen LogP contribution in [0.1, 0.15) is 15.9 Å². The minimum absolute atomic E-state index is 0.0861. The molecule has 7 nitrogen and oxygen atoms in total. The second-order valence-corrected chi connectivity index (χ2v) is 6.89. The molecule has 0 aliphatic carbocycles. The molecule has 2 aromatic carbocycles. The van der Waals surface area contributed by atoms with E-state index < -0.39 is 34.5 Å². The number of carbonyl (C=O) groups is 2. The number of amides is 3. The zero-order valence-electron chi connectivity index (χ0n) is 16.8. The SMILES string of the molecule is CNC(=O)c1cc(Oc2ccc(NC(=O)Nc3ccc(Cl)c(C(F)(F)F)c3)cn2)ccc1F. The lowest BCUT2D eigenvalue weighted by atomic mass is 10.2. The van der Waals surface area contributed by atoms with Crippen LogP contribution in [0.25, 0.3) is 0 Å². The molecule has 0 unspecified atom stereocenters. The van der Waals surface area contributed by atoms with Crippen LogP contribution in [0.5, 0.6) is 11.6 Å². The highest BCUT2D eigenvalue weighted by molar-refractivity contribution is 6.31. The van der Waals surface area contributed by atoms with E-state index in [1.54, 1.807) is 0 Å². The first kappa shape index (κ1) is 23.8. The molecule has 3 rings (SSSR count). The monoisotopic (exact) mass is 482 g/mol. The van der Waals surface area contributed by atoms with Gasteiger partial charge in [0.25, 0.3) is 5.91 Å². The smallest absolute Gasteiger partial charge is 0.417 e. The molecule has 3 amide bonds. The molecule has 0 aliphatic heterocycles. The van der Waals surface area contributed by atoms with Crippen LogP contribution < -0.4 is 20.7 Å². The molecule has 172 valence electrons. The summed E-state index contributed by atoms with van der Waals surface area (Å²) in [5.41, 5.74) is -1.18. The second kappa shape index (κ2) is 9.74. The quantitative estimate of drug-likeness (QED) is 0.407. The Labute approximate surface area is 189 Å². The highest BCUT2D eigenvalue weighted by Crippen LogP contribution is 2.36. The van der Waals surface area contributed by atoms with Gasteiger partial charge in [-0.05, 0) is 42.5 Å². The van der Waals surface area contributed by atoms with Gasteiger partial charge in [0, 0.05) is 18.8 Å². The van der Waals surface area contributed by atoms with Crippen LogP contribution >= 0.6 is 11.6 Å². The highest BCUT2D eigenvalue weighted by Gasteiger charge is 2.33. The second-order valence-electron chi connectivity index (χ2n) is 6.48. The summed E-state index contributed by atoms with van der Waals surface area (Å²) in [6.45, 7) is 0. The number of hydrogen-bond acceptors (Lipinski definition) is 4. The third-order valence-corrected chi connectivity index (χ3v) is 4.49.